The van der Waals surface area contributed by atoms with Crippen LogP contribution in [-0.4, -0.2) is 70.4 Å². The lowest BCUT2D eigenvalue weighted by molar-refractivity contribution is -0.173. The molecule has 3 heterocycles. The summed E-state index contributed by atoms with van der Waals surface area (Å²) in [6.07, 6.45) is 5.61. The third-order valence-corrected chi connectivity index (χ3v) is 10.1. The minimum absolute atomic E-state index is 0.0657. The molecule has 6 heteroatoms. The average Bonchev–Trinajstić information content (AvgIpc) is 3.49. The van der Waals surface area contributed by atoms with Crippen LogP contribution in [0.2, 0.25) is 0 Å². The van der Waals surface area contributed by atoms with Crippen LogP contribution in [0.25, 0.3) is 10.9 Å². The van der Waals surface area contributed by atoms with Crippen LogP contribution in [0.5, 0.6) is 11.5 Å². The molecule has 6 nitrogen and oxygen atoms in total. The Balaban J connectivity index is 1.33. The van der Waals surface area contributed by atoms with E-state index >= 15 is 0 Å². The molecule has 0 amide bonds. The fourth-order valence-electron chi connectivity index (χ4n) is 8.18. The van der Waals surface area contributed by atoms with Crippen molar-refractivity contribution in [3.8, 4) is 11.5 Å². The molecule has 0 radical (unpaired) electrons. The van der Waals surface area contributed by atoms with Gasteiger partial charge in [0, 0.05) is 42.0 Å². The quantitative estimate of drug-likeness (QED) is 0.514. The van der Waals surface area contributed by atoms with Gasteiger partial charge in [-0.05, 0) is 93.6 Å². The third-order valence-electron chi connectivity index (χ3n) is 10.1. The number of H-pyrrole nitrogens is 1. The number of likely N-dealkylation sites (N-methyl/N-ethyl adjacent to an activating group) is 1. The van der Waals surface area contributed by atoms with Crippen molar-refractivity contribution in [3.05, 3.63) is 58.3 Å². The lowest BCUT2D eigenvalue weighted by atomic mass is 9.49. The van der Waals surface area contributed by atoms with Gasteiger partial charge in [-0.25, -0.2) is 0 Å². The Labute approximate surface area is 211 Å². The lowest BCUT2D eigenvalue weighted by Gasteiger charge is -2.62. The highest BCUT2D eigenvalue weighted by Crippen LogP contribution is 2.69. The van der Waals surface area contributed by atoms with Gasteiger partial charge in [0.15, 0.2) is 17.6 Å². The van der Waals surface area contributed by atoms with Crippen LogP contribution >= 0.6 is 0 Å². The zero-order valence-corrected chi connectivity index (χ0v) is 21.2. The van der Waals surface area contributed by atoms with Gasteiger partial charge in [0.2, 0.25) is 0 Å². The SMILES string of the molecule is CN(C)CCc1ccc2[nH]c3c(c2c1)C[C@@]1(O)[C@H]2Cc4ccc(O)c5c4[C@@]1(CCN2CC1CC1)[C@H]3O5. The van der Waals surface area contributed by atoms with E-state index in [-0.39, 0.29) is 17.9 Å². The maximum atomic E-state index is 13.0. The molecule has 188 valence electrons. The molecule has 0 unspecified atom stereocenters. The number of fused-ring (bicyclic) bond motifs is 4. The fourth-order valence-corrected chi connectivity index (χ4v) is 8.18. The van der Waals surface area contributed by atoms with E-state index in [2.05, 4.69) is 53.1 Å². The first-order valence-corrected chi connectivity index (χ1v) is 13.7. The number of hydrogen-bond acceptors (Lipinski definition) is 5. The molecule has 1 spiro atoms. The number of likely N-dealkylation sites (tertiary alicyclic amines) is 1. The molecule has 4 atom stereocenters. The summed E-state index contributed by atoms with van der Waals surface area (Å²) >= 11 is 0. The van der Waals surface area contributed by atoms with E-state index in [0.29, 0.717) is 12.2 Å². The fraction of sp³-hybridized carbons (Fsp3) is 0.533. The van der Waals surface area contributed by atoms with E-state index in [1.54, 1.807) is 6.07 Å². The summed E-state index contributed by atoms with van der Waals surface area (Å²) < 4.78 is 6.70. The molecule has 36 heavy (non-hydrogen) atoms. The van der Waals surface area contributed by atoms with Crippen molar-refractivity contribution in [3.63, 3.8) is 0 Å². The monoisotopic (exact) mass is 485 g/mol. The summed E-state index contributed by atoms with van der Waals surface area (Å²) in [7, 11) is 4.22. The first-order chi connectivity index (χ1) is 17.4. The van der Waals surface area contributed by atoms with Gasteiger partial charge in [-0.1, -0.05) is 12.1 Å². The zero-order chi connectivity index (χ0) is 24.4. The Hall–Kier alpha value is -2.54. The molecule has 1 saturated heterocycles. The number of hydrogen-bond donors (Lipinski definition) is 3. The van der Waals surface area contributed by atoms with Gasteiger partial charge in [0.1, 0.15) is 0 Å². The summed E-state index contributed by atoms with van der Waals surface area (Å²) in [5.74, 6) is 1.58. The van der Waals surface area contributed by atoms with Gasteiger partial charge in [-0.15, -0.1) is 0 Å². The standard InChI is InChI=1S/C30H35N3O3/c1-32(2)11-9-17-5-7-22-20(13-17)21-15-30(35)24-14-19-6-8-23(34)27-25(19)29(30,28(36-27)26(21)31-22)10-12-33(24)16-18-3-4-18/h5-8,13,18,24,28,31,34-35H,3-4,9-12,14-16H2,1-2H3/t24-,28+,29+,30-/m1/s1. The number of rotatable bonds is 5. The Morgan fingerprint density at radius 2 is 2.06 bits per heavy atom. The maximum absolute atomic E-state index is 13.0. The van der Waals surface area contributed by atoms with Crippen molar-refractivity contribution in [2.45, 2.75) is 61.7 Å². The van der Waals surface area contributed by atoms with Crippen LogP contribution < -0.4 is 4.74 Å². The van der Waals surface area contributed by atoms with Gasteiger partial charge in [-0.3, -0.25) is 4.90 Å². The summed E-state index contributed by atoms with van der Waals surface area (Å²) in [5.41, 5.74) is 5.59. The minimum Gasteiger partial charge on any atom is -0.504 e. The largest absolute Gasteiger partial charge is 0.504 e. The van der Waals surface area contributed by atoms with Crippen molar-refractivity contribution < 1.29 is 14.9 Å². The number of aliphatic hydroxyl groups is 1. The number of aromatic nitrogens is 1. The van der Waals surface area contributed by atoms with Crippen molar-refractivity contribution in [2.75, 3.05) is 33.7 Å². The zero-order valence-electron chi connectivity index (χ0n) is 21.2. The molecule has 3 aromatic rings. The first kappa shape index (κ1) is 21.5. The molecule has 2 bridgehead atoms. The second kappa shape index (κ2) is 7.06. The summed E-state index contributed by atoms with van der Waals surface area (Å²) in [6, 6.07) is 10.7. The van der Waals surface area contributed by atoms with Crippen molar-refractivity contribution in [2.24, 2.45) is 5.92 Å². The number of nitrogens with one attached hydrogen (secondary N) is 1. The number of aromatic hydroxyl groups is 1. The van der Waals surface area contributed by atoms with E-state index in [4.69, 9.17) is 4.74 Å². The van der Waals surface area contributed by atoms with Crippen LogP contribution in [-0.2, 0) is 24.7 Å². The van der Waals surface area contributed by atoms with Gasteiger partial charge in [-0.2, -0.15) is 0 Å². The highest BCUT2D eigenvalue weighted by atomic mass is 16.5. The second-order valence-corrected chi connectivity index (χ2v) is 12.4. The predicted octanol–water partition coefficient (Wildman–Crippen LogP) is 3.68. The predicted molar refractivity (Wildman–Crippen MR) is 139 cm³/mol. The number of aromatic amines is 1. The summed E-state index contributed by atoms with van der Waals surface area (Å²) in [6.45, 7) is 3.07. The Kier molecular flexibility index (Phi) is 4.22. The van der Waals surface area contributed by atoms with E-state index in [1.807, 2.05) is 0 Å². The Bertz CT molecular complexity index is 1410. The van der Waals surface area contributed by atoms with E-state index in [9.17, 15) is 10.2 Å². The van der Waals surface area contributed by atoms with Crippen LogP contribution in [0.15, 0.2) is 30.3 Å². The number of benzene rings is 2. The van der Waals surface area contributed by atoms with Gasteiger partial charge >= 0.3 is 0 Å². The summed E-state index contributed by atoms with van der Waals surface area (Å²) in [4.78, 5) is 8.54. The summed E-state index contributed by atoms with van der Waals surface area (Å²) in [5, 5.41) is 25.0. The van der Waals surface area contributed by atoms with E-state index < -0.39 is 11.0 Å². The number of phenols is 1. The second-order valence-electron chi connectivity index (χ2n) is 12.4. The van der Waals surface area contributed by atoms with Gasteiger partial charge in [0.05, 0.1) is 16.7 Å². The minimum atomic E-state index is -0.932. The molecular formula is C30H35N3O3. The average molecular weight is 486 g/mol. The lowest BCUT2D eigenvalue weighted by Crippen LogP contribution is -2.74. The molecule has 2 aliphatic heterocycles. The van der Waals surface area contributed by atoms with Gasteiger partial charge in [0.25, 0.3) is 0 Å². The number of piperidine rings is 1. The number of phenolic OH excluding ortho intramolecular Hbond substituents is 1. The normalized spacial score (nSPS) is 32.0. The molecule has 1 aromatic heterocycles. The molecular weight excluding hydrogens is 450 g/mol. The first-order valence-electron chi connectivity index (χ1n) is 13.7. The van der Waals surface area contributed by atoms with Crippen molar-refractivity contribution in [1.82, 2.24) is 14.8 Å². The van der Waals surface area contributed by atoms with Crippen LogP contribution in [0.3, 0.4) is 0 Å². The topological polar surface area (TPSA) is 72.0 Å². The van der Waals surface area contributed by atoms with Crippen molar-refractivity contribution in [1.29, 1.82) is 0 Å². The van der Waals surface area contributed by atoms with Crippen LogP contribution in [0, 0.1) is 5.92 Å². The molecule has 8 rings (SSSR count). The highest BCUT2D eigenvalue weighted by Gasteiger charge is 2.72. The maximum Gasteiger partial charge on any atom is 0.166 e. The third kappa shape index (κ3) is 2.62. The van der Waals surface area contributed by atoms with Crippen LogP contribution in [0.4, 0.5) is 0 Å². The van der Waals surface area contributed by atoms with Crippen molar-refractivity contribution >= 4 is 10.9 Å². The number of nitrogens with zero attached hydrogens (tertiary/aromatic N) is 2. The molecule has 3 aliphatic carbocycles. The van der Waals surface area contributed by atoms with Crippen LogP contribution in [0.1, 0.15) is 53.3 Å². The Morgan fingerprint density at radius 3 is 2.86 bits per heavy atom. The molecule has 1 saturated carbocycles. The smallest absolute Gasteiger partial charge is 0.166 e. The van der Waals surface area contributed by atoms with Gasteiger partial charge < -0.3 is 24.8 Å². The van der Waals surface area contributed by atoms with E-state index in [1.165, 1.54) is 34.9 Å². The molecule has 3 N–H and O–H groups in total. The highest BCUT2D eigenvalue weighted by molar-refractivity contribution is 5.87. The molecule has 2 fully saturated rings. The Morgan fingerprint density at radius 1 is 1.19 bits per heavy atom. The molecule has 2 aromatic carbocycles. The molecule has 5 aliphatic rings. The van der Waals surface area contributed by atoms with E-state index in [0.717, 1.165) is 61.6 Å². The number of ether oxygens (including phenoxy) is 1.